The summed E-state index contributed by atoms with van der Waals surface area (Å²) in [6.45, 7) is 7.26. The summed E-state index contributed by atoms with van der Waals surface area (Å²) in [6, 6.07) is 3.52. The predicted octanol–water partition coefficient (Wildman–Crippen LogP) is 3.54. The molecule has 1 aliphatic heterocycles. The number of nitrogens with zero attached hydrogens (tertiary/aromatic N) is 1. The molecule has 1 saturated carbocycles. The molecule has 2 heterocycles. The number of carbonyl (C=O) groups excluding carboxylic acids is 2. The first-order valence-corrected chi connectivity index (χ1v) is 11.1. The highest BCUT2D eigenvalue weighted by Gasteiger charge is 2.53. The van der Waals surface area contributed by atoms with Gasteiger partial charge in [-0.1, -0.05) is 33.3 Å². The highest BCUT2D eigenvalue weighted by Crippen LogP contribution is 2.45. The van der Waals surface area contributed by atoms with Crippen LogP contribution in [0, 0.1) is 11.3 Å². The van der Waals surface area contributed by atoms with E-state index in [-0.39, 0.29) is 24.5 Å². The molecule has 28 heavy (non-hydrogen) atoms. The number of imide groups is 1. The van der Waals surface area contributed by atoms with Crippen molar-refractivity contribution in [2.75, 3.05) is 13.2 Å². The highest BCUT2D eigenvalue weighted by atomic mass is 32.1. The predicted molar refractivity (Wildman–Crippen MR) is 109 cm³/mol. The van der Waals surface area contributed by atoms with Gasteiger partial charge in [0.2, 0.25) is 0 Å². The van der Waals surface area contributed by atoms with Crippen LogP contribution < -0.4 is 5.32 Å². The van der Waals surface area contributed by atoms with Crippen molar-refractivity contribution in [1.82, 2.24) is 10.2 Å². The molecule has 2 N–H and O–H groups in total. The molecule has 0 aromatic carbocycles. The topological polar surface area (TPSA) is 78.9 Å². The average Bonchev–Trinajstić information content (AvgIpc) is 3.25. The van der Waals surface area contributed by atoms with Gasteiger partial charge in [0.15, 0.2) is 0 Å². The SMILES string of the molecule is CCC(C)(C)C1CCC2(CC1)NC(=O)N(CC(O)COCc1cccs1)C2=O. The summed E-state index contributed by atoms with van der Waals surface area (Å²) in [5.74, 6) is 0.376. The molecular weight excluding hydrogens is 376 g/mol. The van der Waals surface area contributed by atoms with Crippen molar-refractivity contribution in [3.63, 3.8) is 0 Å². The quantitative estimate of drug-likeness (QED) is 0.645. The lowest BCUT2D eigenvalue weighted by Gasteiger charge is -2.42. The van der Waals surface area contributed by atoms with Gasteiger partial charge >= 0.3 is 6.03 Å². The molecule has 1 aromatic rings. The summed E-state index contributed by atoms with van der Waals surface area (Å²) in [6.07, 6.45) is 3.44. The number of rotatable bonds is 8. The van der Waals surface area contributed by atoms with E-state index in [0.717, 1.165) is 24.1 Å². The van der Waals surface area contributed by atoms with Gasteiger partial charge in [0.25, 0.3) is 5.91 Å². The molecule has 1 unspecified atom stereocenters. The minimum absolute atomic E-state index is 0.0270. The summed E-state index contributed by atoms with van der Waals surface area (Å²) in [7, 11) is 0. The van der Waals surface area contributed by atoms with Gasteiger partial charge in [0, 0.05) is 4.88 Å². The number of hydrogen-bond acceptors (Lipinski definition) is 5. The van der Waals surface area contributed by atoms with E-state index < -0.39 is 17.7 Å². The smallest absolute Gasteiger partial charge is 0.325 e. The van der Waals surface area contributed by atoms with Crippen LogP contribution in [0.1, 0.15) is 57.8 Å². The fourth-order valence-corrected chi connectivity index (χ4v) is 4.96. The van der Waals surface area contributed by atoms with Gasteiger partial charge in [0.1, 0.15) is 5.54 Å². The van der Waals surface area contributed by atoms with Crippen molar-refractivity contribution in [1.29, 1.82) is 0 Å². The van der Waals surface area contributed by atoms with Crippen molar-refractivity contribution in [2.45, 2.75) is 71.1 Å². The second kappa shape index (κ2) is 8.51. The Kier molecular flexibility index (Phi) is 6.47. The molecular formula is C21H32N2O4S. The molecule has 156 valence electrons. The Morgan fingerprint density at radius 1 is 1.39 bits per heavy atom. The third-order valence-corrected chi connectivity index (χ3v) is 7.48. The van der Waals surface area contributed by atoms with Gasteiger partial charge < -0.3 is 15.2 Å². The van der Waals surface area contributed by atoms with Crippen LogP contribution in [0.5, 0.6) is 0 Å². The third-order valence-electron chi connectivity index (χ3n) is 6.63. The second-order valence-corrected chi connectivity index (χ2v) is 9.82. The van der Waals surface area contributed by atoms with Crippen molar-refractivity contribution < 1.29 is 19.4 Å². The van der Waals surface area contributed by atoms with E-state index in [1.54, 1.807) is 11.3 Å². The Bertz CT molecular complexity index is 681. The molecule has 1 aliphatic carbocycles. The summed E-state index contributed by atoms with van der Waals surface area (Å²) in [4.78, 5) is 27.7. The van der Waals surface area contributed by atoms with Crippen molar-refractivity contribution in [3.05, 3.63) is 22.4 Å². The summed E-state index contributed by atoms with van der Waals surface area (Å²) in [5.41, 5.74) is -0.530. The number of hydrogen-bond donors (Lipinski definition) is 2. The van der Waals surface area contributed by atoms with Gasteiger partial charge in [-0.25, -0.2) is 4.79 Å². The lowest BCUT2D eigenvalue weighted by atomic mass is 9.65. The zero-order chi connectivity index (χ0) is 20.4. The highest BCUT2D eigenvalue weighted by molar-refractivity contribution is 7.09. The van der Waals surface area contributed by atoms with E-state index in [1.165, 1.54) is 4.90 Å². The number of urea groups is 1. The number of aliphatic hydroxyl groups excluding tert-OH is 1. The molecule has 7 heteroatoms. The van der Waals surface area contributed by atoms with E-state index in [1.807, 2.05) is 17.5 Å². The minimum Gasteiger partial charge on any atom is -0.389 e. The third kappa shape index (κ3) is 4.42. The largest absolute Gasteiger partial charge is 0.389 e. The van der Waals surface area contributed by atoms with Crippen molar-refractivity contribution in [2.24, 2.45) is 11.3 Å². The zero-order valence-electron chi connectivity index (χ0n) is 17.1. The molecule has 0 radical (unpaired) electrons. The van der Waals surface area contributed by atoms with Crippen LogP contribution in [0.25, 0.3) is 0 Å². The molecule has 1 aromatic heterocycles. The van der Waals surface area contributed by atoms with Gasteiger partial charge in [-0.3, -0.25) is 9.69 Å². The van der Waals surface area contributed by atoms with Gasteiger partial charge in [-0.05, 0) is 48.5 Å². The van der Waals surface area contributed by atoms with Crippen molar-refractivity contribution >= 4 is 23.3 Å². The monoisotopic (exact) mass is 408 g/mol. The first-order valence-electron chi connectivity index (χ1n) is 10.2. The van der Waals surface area contributed by atoms with Crippen molar-refractivity contribution in [3.8, 4) is 0 Å². The van der Waals surface area contributed by atoms with Crippen LogP contribution in [-0.4, -0.2) is 46.7 Å². The Labute approximate surface area is 171 Å². The molecule has 1 atom stereocenters. The van der Waals surface area contributed by atoms with Crippen LogP contribution in [0.15, 0.2) is 17.5 Å². The molecule has 1 spiro atoms. The first kappa shape index (κ1) is 21.3. The van der Waals surface area contributed by atoms with E-state index in [4.69, 9.17) is 4.74 Å². The second-order valence-electron chi connectivity index (χ2n) is 8.79. The van der Waals surface area contributed by atoms with Crippen LogP contribution >= 0.6 is 11.3 Å². The number of nitrogens with one attached hydrogen (secondary N) is 1. The van der Waals surface area contributed by atoms with Gasteiger partial charge in [0.05, 0.1) is 25.9 Å². The fraction of sp³-hybridized carbons (Fsp3) is 0.714. The van der Waals surface area contributed by atoms with Gasteiger partial charge in [-0.15, -0.1) is 11.3 Å². The molecule has 1 saturated heterocycles. The average molecular weight is 409 g/mol. The normalized spacial score (nSPS) is 26.7. The number of β-amino-alcohol motifs (C(OH)–C–C–N with tert-alkyl or cyclic N) is 1. The first-order chi connectivity index (χ1) is 13.3. The Morgan fingerprint density at radius 3 is 2.71 bits per heavy atom. The molecule has 3 rings (SSSR count). The lowest BCUT2D eigenvalue weighted by Crippen LogP contribution is -2.51. The van der Waals surface area contributed by atoms with E-state index in [0.29, 0.717) is 25.4 Å². The maximum Gasteiger partial charge on any atom is 0.325 e. The number of amides is 3. The van der Waals surface area contributed by atoms with E-state index in [2.05, 4.69) is 26.1 Å². The summed E-state index contributed by atoms with van der Waals surface area (Å²) >= 11 is 1.59. The molecule has 6 nitrogen and oxygen atoms in total. The van der Waals surface area contributed by atoms with Crippen LogP contribution in [-0.2, 0) is 16.1 Å². The number of ether oxygens (including phenoxy) is 1. The zero-order valence-corrected chi connectivity index (χ0v) is 17.9. The maximum atomic E-state index is 13.0. The van der Waals surface area contributed by atoms with Crippen LogP contribution in [0.2, 0.25) is 0 Å². The van der Waals surface area contributed by atoms with Crippen LogP contribution in [0.4, 0.5) is 4.79 Å². The Hall–Kier alpha value is -1.44. The summed E-state index contributed by atoms with van der Waals surface area (Å²) in [5, 5.41) is 15.1. The maximum absolute atomic E-state index is 13.0. The van der Waals surface area contributed by atoms with Crippen LogP contribution in [0.3, 0.4) is 0 Å². The lowest BCUT2D eigenvalue weighted by molar-refractivity contribution is -0.134. The van der Waals surface area contributed by atoms with E-state index >= 15 is 0 Å². The Morgan fingerprint density at radius 2 is 2.11 bits per heavy atom. The van der Waals surface area contributed by atoms with E-state index in [9.17, 15) is 14.7 Å². The molecule has 2 fully saturated rings. The number of thiophene rings is 1. The van der Waals surface area contributed by atoms with Gasteiger partial charge in [-0.2, -0.15) is 0 Å². The number of carbonyl (C=O) groups is 2. The fourth-order valence-electron chi connectivity index (χ4n) is 4.32. The molecule has 0 bridgehead atoms. The standard InChI is InChI=1S/C21H32N2O4S/c1-4-20(2,3)15-7-9-21(10-8-15)18(25)23(19(26)22-21)12-16(24)13-27-14-17-6-5-11-28-17/h5-6,11,15-16,24H,4,7-10,12-14H2,1-3H3,(H,22,26). The number of aliphatic hydroxyl groups is 1. The Balaban J connectivity index is 1.52. The minimum atomic E-state index is -0.889. The molecule has 3 amide bonds. The summed E-state index contributed by atoms with van der Waals surface area (Å²) < 4.78 is 5.51. The molecule has 2 aliphatic rings.